The zero-order valence-electron chi connectivity index (χ0n) is 16.2. The van der Waals surface area contributed by atoms with E-state index in [0.717, 1.165) is 5.56 Å². The van der Waals surface area contributed by atoms with Crippen molar-refractivity contribution < 1.29 is 9.18 Å². The van der Waals surface area contributed by atoms with Gasteiger partial charge in [0.25, 0.3) is 5.91 Å². The first-order valence-corrected chi connectivity index (χ1v) is 10.2. The van der Waals surface area contributed by atoms with Gasteiger partial charge in [0.2, 0.25) is 5.56 Å². The van der Waals surface area contributed by atoms with Crippen LogP contribution in [-0.4, -0.2) is 15.9 Å². The van der Waals surface area contributed by atoms with Gasteiger partial charge in [-0.15, -0.1) is 11.3 Å². The Morgan fingerprint density at radius 2 is 2.03 bits per heavy atom. The van der Waals surface area contributed by atoms with Gasteiger partial charge in [-0.05, 0) is 36.2 Å². The number of para-hydroxylation sites is 1. The molecule has 0 aliphatic heterocycles. The summed E-state index contributed by atoms with van der Waals surface area (Å²) in [5, 5.41) is 0.545. The van der Waals surface area contributed by atoms with Crippen LogP contribution in [0.1, 0.15) is 26.5 Å². The largest absolute Gasteiger partial charge is 0.326 e. The molecule has 0 atom stereocenters. The maximum absolute atomic E-state index is 14.3. The molecular weight excluding hydrogens is 403 g/mol. The molecule has 0 bridgehead atoms. The highest BCUT2D eigenvalue weighted by Gasteiger charge is 2.23. The van der Waals surface area contributed by atoms with E-state index in [1.165, 1.54) is 23.5 Å². The van der Waals surface area contributed by atoms with E-state index < -0.39 is 11.4 Å². The molecule has 2 heterocycles. The lowest BCUT2D eigenvalue weighted by molar-refractivity contribution is 0.0988. The number of fused-ring (bicyclic) bond motifs is 1. The fourth-order valence-electron chi connectivity index (χ4n) is 3.38. The molecule has 1 amide bonds. The number of amides is 1. The van der Waals surface area contributed by atoms with E-state index in [4.69, 9.17) is 5.73 Å². The Hall–Kier alpha value is -3.36. The van der Waals surface area contributed by atoms with Crippen LogP contribution in [-0.2, 0) is 13.1 Å². The number of carbonyl (C=O) groups excluding carboxylic acids is 1. The summed E-state index contributed by atoms with van der Waals surface area (Å²) in [7, 11) is 0. The third kappa shape index (κ3) is 3.74. The monoisotopic (exact) mass is 422 g/mol. The van der Waals surface area contributed by atoms with E-state index in [0.29, 0.717) is 33.8 Å². The van der Waals surface area contributed by atoms with Gasteiger partial charge in [-0.25, -0.2) is 9.37 Å². The molecule has 0 fully saturated rings. The minimum absolute atomic E-state index is 0.0913. The SMILES string of the molecule is Cc1ncsc1C(=O)N(Cc1cc(=O)[nH]c2c(F)cccc12)c1cccc(CN)c1. The fourth-order valence-corrected chi connectivity index (χ4v) is 4.13. The molecule has 0 spiro atoms. The molecule has 30 heavy (non-hydrogen) atoms. The Kier molecular flexibility index (Phi) is 5.43. The predicted molar refractivity (Wildman–Crippen MR) is 116 cm³/mol. The highest BCUT2D eigenvalue weighted by molar-refractivity contribution is 7.12. The number of rotatable bonds is 5. The average molecular weight is 422 g/mol. The molecular formula is C22H19FN4O2S. The number of benzene rings is 2. The summed E-state index contributed by atoms with van der Waals surface area (Å²) in [6, 6.07) is 13.3. The molecule has 0 aliphatic rings. The van der Waals surface area contributed by atoms with Crippen LogP contribution in [0.15, 0.2) is 58.8 Å². The number of pyridine rings is 1. The second-order valence-electron chi connectivity index (χ2n) is 6.85. The summed E-state index contributed by atoms with van der Waals surface area (Å²) in [6.45, 7) is 2.19. The summed E-state index contributed by atoms with van der Waals surface area (Å²) >= 11 is 1.26. The second kappa shape index (κ2) is 8.17. The van der Waals surface area contributed by atoms with E-state index in [-0.39, 0.29) is 18.0 Å². The molecule has 8 heteroatoms. The van der Waals surface area contributed by atoms with Gasteiger partial charge in [0.1, 0.15) is 10.7 Å². The molecule has 0 aliphatic carbocycles. The quantitative estimate of drug-likeness (QED) is 0.513. The van der Waals surface area contributed by atoms with Crippen LogP contribution in [0.5, 0.6) is 0 Å². The zero-order chi connectivity index (χ0) is 21.3. The van der Waals surface area contributed by atoms with Crippen molar-refractivity contribution in [3.05, 3.63) is 91.9 Å². The molecule has 152 valence electrons. The molecule has 3 N–H and O–H groups in total. The van der Waals surface area contributed by atoms with Crippen molar-refractivity contribution in [3.8, 4) is 0 Å². The zero-order valence-corrected chi connectivity index (χ0v) is 17.0. The summed E-state index contributed by atoms with van der Waals surface area (Å²) in [6.07, 6.45) is 0. The molecule has 0 unspecified atom stereocenters. The minimum Gasteiger partial charge on any atom is -0.326 e. The molecule has 0 radical (unpaired) electrons. The van der Waals surface area contributed by atoms with Gasteiger partial charge in [0.15, 0.2) is 0 Å². The number of nitrogens with zero attached hydrogens (tertiary/aromatic N) is 2. The Balaban J connectivity index is 1.86. The Morgan fingerprint density at radius 3 is 2.77 bits per heavy atom. The third-order valence-electron chi connectivity index (χ3n) is 4.88. The van der Waals surface area contributed by atoms with Crippen molar-refractivity contribution in [1.82, 2.24) is 9.97 Å². The highest BCUT2D eigenvalue weighted by Crippen LogP contribution is 2.26. The summed E-state index contributed by atoms with van der Waals surface area (Å²) in [4.78, 5) is 34.4. The standard InChI is InChI=1S/C22H19FN4O2S/c1-13-21(30-12-25-13)22(29)27(16-5-2-4-14(8-16)10-24)11-15-9-19(28)26-20-17(15)6-3-7-18(20)23/h2-9,12H,10-11,24H2,1H3,(H,26,28). The maximum atomic E-state index is 14.3. The molecule has 4 aromatic rings. The number of anilines is 1. The molecule has 0 saturated carbocycles. The first kappa shape index (κ1) is 19.9. The van der Waals surface area contributed by atoms with Gasteiger partial charge in [0, 0.05) is 23.7 Å². The summed E-state index contributed by atoms with van der Waals surface area (Å²) < 4.78 is 14.3. The van der Waals surface area contributed by atoms with E-state index in [9.17, 15) is 14.0 Å². The van der Waals surface area contributed by atoms with Crippen LogP contribution in [0.3, 0.4) is 0 Å². The summed E-state index contributed by atoms with van der Waals surface area (Å²) in [5.74, 6) is -0.762. The maximum Gasteiger partial charge on any atom is 0.270 e. The van der Waals surface area contributed by atoms with Crippen LogP contribution in [0.2, 0.25) is 0 Å². The lowest BCUT2D eigenvalue weighted by Crippen LogP contribution is -2.31. The van der Waals surface area contributed by atoms with E-state index >= 15 is 0 Å². The first-order valence-electron chi connectivity index (χ1n) is 9.29. The Morgan fingerprint density at radius 1 is 1.23 bits per heavy atom. The van der Waals surface area contributed by atoms with E-state index in [2.05, 4.69) is 9.97 Å². The van der Waals surface area contributed by atoms with Crippen LogP contribution in [0.4, 0.5) is 10.1 Å². The van der Waals surface area contributed by atoms with Gasteiger partial charge in [0.05, 0.1) is 23.3 Å². The van der Waals surface area contributed by atoms with Gasteiger partial charge >= 0.3 is 0 Å². The minimum atomic E-state index is -0.521. The number of thiazole rings is 1. The van der Waals surface area contributed by atoms with Crippen LogP contribution in [0.25, 0.3) is 10.9 Å². The number of nitrogens with one attached hydrogen (secondary N) is 1. The smallest absolute Gasteiger partial charge is 0.270 e. The Labute approximate surface area is 175 Å². The van der Waals surface area contributed by atoms with E-state index in [1.54, 1.807) is 29.5 Å². The number of nitrogens with two attached hydrogens (primary N) is 1. The number of carbonyl (C=O) groups is 1. The van der Waals surface area contributed by atoms with Crippen molar-refractivity contribution in [2.45, 2.75) is 20.0 Å². The lowest BCUT2D eigenvalue weighted by Gasteiger charge is -2.24. The van der Waals surface area contributed by atoms with Crippen LogP contribution < -0.4 is 16.2 Å². The van der Waals surface area contributed by atoms with Gasteiger partial charge in [-0.1, -0.05) is 24.3 Å². The second-order valence-corrected chi connectivity index (χ2v) is 7.71. The molecule has 0 saturated heterocycles. The first-order chi connectivity index (χ1) is 14.5. The number of hydrogen-bond acceptors (Lipinski definition) is 5. The number of aromatic nitrogens is 2. The average Bonchev–Trinajstić information content (AvgIpc) is 3.18. The molecule has 2 aromatic heterocycles. The highest BCUT2D eigenvalue weighted by atomic mass is 32.1. The van der Waals surface area contributed by atoms with Crippen LogP contribution >= 0.6 is 11.3 Å². The molecule has 6 nitrogen and oxygen atoms in total. The van der Waals surface area contributed by atoms with Crippen molar-refractivity contribution >= 4 is 33.8 Å². The van der Waals surface area contributed by atoms with Crippen molar-refractivity contribution in [3.63, 3.8) is 0 Å². The molecule has 4 rings (SSSR count). The summed E-state index contributed by atoms with van der Waals surface area (Å²) in [5.41, 5.74) is 9.77. The van der Waals surface area contributed by atoms with Gasteiger partial charge in [-0.3, -0.25) is 9.59 Å². The third-order valence-corrected chi connectivity index (χ3v) is 5.80. The number of H-pyrrole nitrogens is 1. The predicted octanol–water partition coefficient (Wildman–Crippen LogP) is 3.74. The number of aryl methyl sites for hydroxylation is 1. The van der Waals surface area contributed by atoms with E-state index in [1.807, 2.05) is 24.3 Å². The van der Waals surface area contributed by atoms with Gasteiger partial charge < -0.3 is 15.6 Å². The topological polar surface area (TPSA) is 92.1 Å². The normalized spacial score (nSPS) is 11.0. The number of hydrogen-bond donors (Lipinski definition) is 2. The lowest BCUT2D eigenvalue weighted by atomic mass is 10.1. The van der Waals surface area contributed by atoms with Crippen molar-refractivity contribution in [1.29, 1.82) is 0 Å². The number of aromatic amines is 1. The van der Waals surface area contributed by atoms with Crippen molar-refractivity contribution in [2.24, 2.45) is 5.73 Å². The van der Waals surface area contributed by atoms with Gasteiger partial charge in [-0.2, -0.15) is 0 Å². The van der Waals surface area contributed by atoms with Crippen molar-refractivity contribution in [2.75, 3.05) is 4.90 Å². The van der Waals surface area contributed by atoms with Crippen LogP contribution in [0, 0.1) is 12.7 Å². The molecule has 2 aromatic carbocycles. The number of halogens is 1. The Bertz CT molecular complexity index is 1300. The fraction of sp³-hybridized carbons (Fsp3) is 0.136.